The van der Waals surface area contributed by atoms with Crippen molar-refractivity contribution in [1.82, 2.24) is 4.98 Å². The molecule has 0 radical (unpaired) electrons. The van der Waals surface area contributed by atoms with Gasteiger partial charge < -0.3 is 4.90 Å². The summed E-state index contributed by atoms with van der Waals surface area (Å²) in [5.41, 5.74) is 3.00. The molecular formula is C12H16N2O. The number of carbonyl (C=O) groups is 1. The maximum atomic E-state index is 10.3. The van der Waals surface area contributed by atoms with E-state index in [1.165, 1.54) is 6.08 Å². The summed E-state index contributed by atoms with van der Waals surface area (Å²) in [6.45, 7) is 5.00. The Bertz CT molecular complexity index is 372. The van der Waals surface area contributed by atoms with Gasteiger partial charge in [0, 0.05) is 19.8 Å². The topological polar surface area (TPSA) is 33.2 Å². The number of aldehydes is 1. The van der Waals surface area contributed by atoms with E-state index in [0.717, 1.165) is 29.8 Å². The van der Waals surface area contributed by atoms with Gasteiger partial charge in [0.25, 0.3) is 0 Å². The predicted octanol–water partition coefficient (Wildman–Crippen LogP) is 2.06. The normalized spacial score (nSPS) is 10.6. The predicted molar refractivity (Wildman–Crippen MR) is 63.0 cm³/mol. The minimum atomic E-state index is 0.761. The maximum absolute atomic E-state index is 10.3. The Kier molecular flexibility index (Phi) is 4.03. The van der Waals surface area contributed by atoms with Crippen LogP contribution in [0.25, 0.3) is 6.08 Å². The zero-order valence-corrected chi connectivity index (χ0v) is 9.40. The Morgan fingerprint density at radius 3 is 2.87 bits per heavy atom. The second-order valence-corrected chi connectivity index (χ2v) is 3.43. The number of aryl methyl sites for hydroxylation is 1. The molecule has 0 bridgehead atoms. The summed E-state index contributed by atoms with van der Waals surface area (Å²) in [6.07, 6.45) is 5.76. The van der Waals surface area contributed by atoms with E-state index in [4.69, 9.17) is 0 Å². The van der Waals surface area contributed by atoms with E-state index in [2.05, 4.69) is 22.9 Å². The van der Waals surface area contributed by atoms with Gasteiger partial charge in [0.15, 0.2) is 0 Å². The quantitative estimate of drug-likeness (QED) is 0.556. The highest BCUT2D eigenvalue weighted by Crippen LogP contribution is 2.19. The van der Waals surface area contributed by atoms with E-state index in [1.807, 2.05) is 14.0 Å². The molecule has 0 aliphatic heterocycles. The summed E-state index contributed by atoms with van der Waals surface area (Å²) in [5, 5.41) is 0. The first-order valence-electron chi connectivity index (χ1n) is 4.98. The van der Waals surface area contributed by atoms with Crippen molar-refractivity contribution in [3.05, 3.63) is 29.6 Å². The molecule has 3 heteroatoms. The molecule has 0 N–H and O–H groups in total. The highest BCUT2D eigenvalue weighted by atomic mass is 16.1. The van der Waals surface area contributed by atoms with E-state index in [-0.39, 0.29) is 0 Å². The minimum absolute atomic E-state index is 0.761. The number of nitrogens with zero attached hydrogens (tertiary/aromatic N) is 2. The molecule has 0 amide bonds. The van der Waals surface area contributed by atoms with E-state index in [9.17, 15) is 4.79 Å². The largest absolute Gasteiger partial charge is 0.373 e. The van der Waals surface area contributed by atoms with Crippen LogP contribution in [0.3, 0.4) is 0 Å². The number of hydrogen-bond acceptors (Lipinski definition) is 3. The van der Waals surface area contributed by atoms with Crippen LogP contribution >= 0.6 is 0 Å². The summed E-state index contributed by atoms with van der Waals surface area (Å²) in [6, 6.07) is 2.07. The molecule has 1 heterocycles. The van der Waals surface area contributed by atoms with Crippen LogP contribution in [-0.2, 0) is 4.79 Å². The lowest BCUT2D eigenvalue weighted by Crippen LogP contribution is -2.17. The van der Waals surface area contributed by atoms with Gasteiger partial charge in [-0.05, 0) is 37.6 Å². The molecule has 0 atom stereocenters. The third-order valence-corrected chi connectivity index (χ3v) is 2.25. The number of aromatic nitrogens is 1. The highest BCUT2D eigenvalue weighted by molar-refractivity contribution is 5.76. The second kappa shape index (κ2) is 5.29. The maximum Gasteiger partial charge on any atom is 0.142 e. The molecule has 80 valence electrons. The molecule has 1 rings (SSSR count). The molecule has 0 spiro atoms. The Hall–Kier alpha value is -1.64. The first-order valence-corrected chi connectivity index (χ1v) is 4.98. The lowest BCUT2D eigenvalue weighted by molar-refractivity contribution is -0.104. The van der Waals surface area contributed by atoms with Crippen LogP contribution < -0.4 is 4.90 Å². The van der Waals surface area contributed by atoms with E-state index < -0.39 is 0 Å². The van der Waals surface area contributed by atoms with Crippen LogP contribution in [0, 0.1) is 6.92 Å². The SMILES string of the molecule is CCN(C)c1cc(C)cnc1/C=C\C=O. The molecule has 0 saturated carbocycles. The Morgan fingerprint density at radius 2 is 2.27 bits per heavy atom. The van der Waals surface area contributed by atoms with Crippen molar-refractivity contribution < 1.29 is 4.79 Å². The van der Waals surface area contributed by atoms with Gasteiger partial charge in [0.2, 0.25) is 0 Å². The molecule has 0 aromatic carbocycles. The van der Waals surface area contributed by atoms with Gasteiger partial charge in [0.05, 0.1) is 11.4 Å². The lowest BCUT2D eigenvalue weighted by Gasteiger charge is -2.19. The molecule has 0 aliphatic rings. The van der Waals surface area contributed by atoms with Gasteiger partial charge in [-0.1, -0.05) is 0 Å². The van der Waals surface area contributed by atoms with Gasteiger partial charge in [-0.25, -0.2) is 0 Å². The molecule has 15 heavy (non-hydrogen) atoms. The van der Waals surface area contributed by atoms with Crippen molar-refractivity contribution >= 4 is 18.0 Å². The van der Waals surface area contributed by atoms with Crippen LogP contribution in [-0.4, -0.2) is 24.9 Å². The zero-order valence-electron chi connectivity index (χ0n) is 9.40. The molecule has 0 fully saturated rings. The lowest BCUT2D eigenvalue weighted by atomic mass is 10.2. The van der Waals surface area contributed by atoms with Crippen LogP contribution in [0.1, 0.15) is 18.2 Å². The first kappa shape index (κ1) is 11.4. The van der Waals surface area contributed by atoms with Crippen LogP contribution in [0.5, 0.6) is 0 Å². The zero-order chi connectivity index (χ0) is 11.3. The molecule has 0 saturated heterocycles. The Morgan fingerprint density at radius 1 is 1.53 bits per heavy atom. The number of allylic oxidation sites excluding steroid dienone is 1. The average molecular weight is 204 g/mol. The monoisotopic (exact) mass is 204 g/mol. The number of hydrogen-bond donors (Lipinski definition) is 0. The molecule has 0 unspecified atom stereocenters. The standard InChI is InChI=1S/C12H16N2O/c1-4-14(3)12-8-10(2)9-13-11(12)6-5-7-15/h5-9H,4H2,1-3H3/b6-5-. The van der Waals surface area contributed by atoms with E-state index in [0.29, 0.717) is 0 Å². The third kappa shape index (κ3) is 2.91. The summed E-state index contributed by atoms with van der Waals surface area (Å²) in [7, 11) is 2.01. The van der Waals surface area contributed by atoms with Gasteiger partial charge >= 0.3 is 0 Å². The fourth-order valence-corrected chi connectivity index (χ4v) is 1.30. The molecule has 3 nitrogen and oxygen atoms in total. The van der Waals surface area contributed by atoms with Gasteiger partial charge in [-0.15, -0.1) is 0 Å². The minimum Gasteiger partial charge on any atom is -0.373 e. The van der Waals surface area contributed by atoms with Crippen molar-refractivity contribution in [2.45, 2.75) is 13.8 Å². The number of rotatable bonds is 4. The van der Waals surface area contributed by atoms with E-state index >= 15 is 0 Å². The van der Waals surface area contributed by atoms with Gasteiger partial charge in [0.1, 0.15) is 6.29 Å². The molecule has 1 aromatic rings. The number of pyridine rings is 1. The molecular weight excluding hydrogens is 188 g/mol. The van der Waals surface area contributed by atoms with Crippen LogP contribution in [0.4, 0.5) is 5.69 Å². The van der Waals surface area contributed by atoms with Gasteiger partial charge in [-0.3, -0.25) is 9.78 Å². The highest BCUT2D eigenvalue weighted by Gasteiger charge is 2.05. The fourth-order valence-electron chi connectivity index (χ4n) is 1.30. The Labute approximate surface area is 90.4 Å². The Balaban J connectivity index is 3.13. The summed E-state index contributed by atoms with van der Waals surface area (Å²) >= 11 is 0. The van der Waals surface area contributed by atoms with Crippen molar-refractivity contribution in [3.63, 3.8) is 0 Å². The third-order valence-electron chi connectivity index (χ3n) is 2.25. The smallest absolute Gasteiger partial charge is 0.142 e. The second-order valence-electron chi connectivity index (χ2n) is 3.43. The van der Waals surface area contributed by atoms with Crippen LogP contribution in [0.15, 0.2) is 18.3 Å². The van der Waals surface area contributed by atoms with Crippen LogP contribution in [0.2, 0.25) is 0 Å². The van der Waals surface area contributed by atoms with Crippen molar-refractivity contribution in [2.24, 2.45) is 0 Å². The summed E-state index contributed by atoms with van der Waals surface area (Å²) in [4.78, 5) is 16.7. The summed E-state index contributed by atoms with van der Waals surface area (Å²) < 4.78 is 0. The molecule has 0 aliphatic carbocycles. The molecule has 1 aromatic heterocycles. The summed E-state index contributed by atoms with van der Waals surface area (Å²) in [5.74, 6) is 0. The fraction of sp³-hybridized carbons (Fsp3) is 0.333. The number of carbonyl (C=O) groups excluding carboxylic acids is 1. The van der Waals surface area contributed by atoms with E-state index in [1.54, 1.807) is 12.3 Å². The first-order chi connectivity index (χ1) is 7.19. The van der Waals surface area contributed by atoms with Crippen molar-refractivity contribution in [2.75, 3.05) is 18.5 Å². The number of anilines is 1. The van der Waals surface area contributed by atoms with Gasteiger partial charge in [-0.2, -0.15) is 0 Å². The van der Waals surface area contributed by atoms with Crippen molar-refractivity contribution in [1.29, 1.82) is 0 Å². The average Bonchev–Trinajstić information content (AvgIpc) is 2.26. The van der Waals surface area contributed by atoms with Crippen molar-refractivity contribution in [3.8, 4) is 0 Å².